The van der Waals surface area contributed by atoms with Crippen LogP contribution in [0.25, 0.3) is 0 Å². The molecule has 0 unspecified atom stereocenters. The van der Waals surface area contributed by atoms with Gasteiger partial charge < -0.3 is 0 Å². The molecule has 0 saturated carbocycles. The molecule has 0 aliphatic carbocycles. The first kappa shape index (κ1) is 12.4. The zero-order chi connectivity index (χ0) is 12.7. The Morgan fingerprint density at radius 1 is 1.12 bits per heavy atom. The Morgan fingerprint density at radius 2 is 1.59 bits per heavy atom. The number of hydrogen-bond donors (Lipinski definition) is 0. The molecule has 1 aromatic carbocycles. The summed E-state index contributed by atoms with van der Waals surface area (Å²) in [6.45, 7) is 3.12. The molecule has 0 radical (unpaired) electrons. The fourth-order valence-electron chi connectivity index (χ4n) is 1.23. The number of para-hydroxylation sites is 1. The SMILES string of the molecule is C=CC#N.O=C1C=CC(=O)N1c1ccccc1. The fourth-order valence-corrected chi connectivity index (χ4v) is 1.23. The van der Waals surface area contributed by atoms with Gasteiger partial charge in [-0.05, 0) is 12.1 Å². The van der Waals surface area contributed by atoms with E-state index < -0.39 is 0 Å². The van der Waals surface area contributed by atoms with Crippen LogP contribution in [0.3, 0.4) is 0 Å². The summed E-state index contributed by atoms with van der Waals surface area (Å²) in [4.78, 5) is 23.5. The van der Waals surface area contributed by atoms with Gasteiger partial charge in [-0.3, -0.25) is 9.59 Å². The standard InChI is InChI=1S/C10H7NO2.C3H3N/c12-9-6-7-10(13)11(9)8-4-2-1-3-5-8;1-2-3-4/h1-7H;2H,1H2. The van der Waals surface area contributed by atoms with Gasteiger partial charge in [-0.2, -0.15) is 5.26 Å². The van der Waals surface area contributed by atoms with E-state index in [4.69, 9.17) is 5.26 Å². The number of amides is 2. The number of nitriles is 1. The molecule has 0 spiro atoms. The highest BCUT2D eigenvalue weighted by Crippen LogP contribution is 2.17. The van der Waals surface area contributed by atoms with Gasteiger partial charge in [0.05, 0.1) is 11.8 Å². The van der Waals surface area contributed by atoms with Crippen molar-refractivity contribution >= 4 is 17.5 Å². The summed E-state index contributed by atoms with van der Waals surface area (Å²) in [5.74, 6) is -0.563. The number of nitrogens with zero attached hydrogens (tertiary/aromatic N) is 2. The van der Waals surface area contributed by atoms with Crippen LogP contribution in [-0.2, 0) is 9.59 Å². The monoisotopic (exact) mass is 226 g/mol. The number of carbonyl (C=O) groups is 2. The van der Waals surface area contributed by atoms with Crippen molar-refractivity contribution in [2.75, 3.05) is 4.90 Å². The zero-order valence-electron chi connectivity index (χ0n) is 9.04. The maximum absolute atomic E-state index is 11.2. The lowest BCUT2D eigenvalue weighted by Crippen LogP contribution is -2.29. The summed E-state index contributed by atoms with van der Waals surface area (Å²) >= 11 is 0. The Balaban J connectivity index is 0.000000317. The molecular weight excluding hydrogens is 216 g/mol. The van der Waals surface area contributed by atoms with Gasteiger partial charge >= 0.3 is 0 Å². The Labute approximate surface area is 99.1 Å². The predicted octanol–water partition coefficient (Wildman–Crippen LogP) is 1.81. The summed E-state index contributed by atoms with van der Waals surface area (Å²) < 4.78 is 0. The molecule has 0 saturated heterocycles. The lowest BCUT2D eigenvalue weighted by atomic mass is 10.3. The Morgan fingerprint density at radius 3 is 2.00 bits per heavy atom. The normalized spacial score (nSPS) is 12.8. The molecule has 17 heavy (non-hydrogen) atoms. The molecule has 4 heteroatoms. The van der Waals surface area contributed by atoms with E-state index in [1.807, 2.05) is 6.07 Å². The van der Waals surface area contributed by atoms with E-state index in [0.29, 0.717) is 5.69 Å². The van der Waals surface area contributed by atoms with Crippen LogP contribution in [0, 0.1) is 11.3 Å². The van der Waals surface area contributed by atoms with Crippen LogP contribution in [0.15, 0.2) is 55.1 Å². The molecule has 0 fully saturated rings. The second kappa shape index (κ2) is 6.03. The van der Waals surface area contributed by atoms with Crippen molar-refractivity contribution < 1.29 is 9.59 Å². The molecule has 1 aliphatic rings. The Kier molecular flexibility index (Phi) is 4.40. The quantitative estimate of drug-likeness (QED) is 0.542. The van der Waals surface area contributed by atoms with E-state index in [2.05, 4.69) is 6.58 Å². The molecule has 84 valence electrons. The lowest BCUT2D eigenvalue weighted by Gasteiger charge is -2.12. The van der Waals surface area contributed by atoms with Crippen LogP contribution < -0.4 is 4.90 Å². The van der Waals surface area contributed by atoms with Crippen molar-refractivity contribution in [3.05, 3.63) is 55.1 Å². The molecule has 0 atom stereocenters. The highest BCUT2D eigenvalue weighted by atomic mass is 16.2. The number of benzene rings is 1. The minimum absolute atomic E-state index is 0.281. The number of carbonyl (C=O) groups excluding carboxylic acids is 2. The van der Waals surface area contributed by atoms with Crippen LogP contribution in [0.2, 0.25) is 0 Å². The molecule has 1 aliphatic heterocycles. The molecular formula is C13H10N2O2. The fraction of sp³-hybridized carbons (Fsp3) is 0. The summed E-state index contributed by atoms with van der Waals surface area (Å²) in [6, 6.07) is 10.6. The first-order chi connectivity index (χ1) is 8.20. The van der Waals surface area contributed by atoms with Crippen LogP contribution in [-0.4, -0.2) is 11.8 Å². The smallest absolute Gasteiger partial charge is 0.258 e. The summed E-state index contributed by atoms with van der Waals surface area (Å²) in [6.07, 6.45) is 3.73. The average Bonchev–Trinajstić information content (AvgIpc) is 2.70. The Bertz CT molecular complexity index is 480. The molecule has 0 aromatic heterocycles. The third-order valence-electron chi connectivity index (χ3n) is 1.91. The first-order valence-electron chi connectivity index (χ1n) is 4.82. The van der Waals surface area contributed by atoms with Gasteiger partial charge in [-0.15, -0.1) is 0 Å². The summed E-state index contributed by atoms with van der Waals surface area (Å²) in [7, 11) is 0. The molecule has 2 rings (SSSR count). The van der Waals surface area contributed by atoms with E-state index in [1.165, 1.54) is 18.2 Å². The van der Waals surface area contributed by atoms with Crippen LogP contribution in [0.4, 0.5) is 5.69 Å². The minimum atomic E-state index is -0.281. The summed E-state index contributed by atoms with van der Waals surface area (Å²) in [5.41, 5.74) is 0.613. The van der Waals surface area contributed by atoms with E-state index in [0.717, 1.165) is 4.90 Å². The Hall–Kier alpha value is -2.67. The van der Waals surface area contributed by atoms with Crippen molar-refractivity contribution in [3.63, 3.8) is 0 Å². The molecule has 2 amide bonds. The largest absolute Gasteiger partial charge is 0.269 e. The predicted molar refractivity (Wildman–Crippen MR) is 63.9 cm³/mol. The van der Waals surface area contributed by atoms with E-state index in [-0.39, 0.29) is 11.8 Å². The van der Waals surface area contributed by atoms with E-state index in [9.17, 15) is 9.59 Å². The van der Waals surface area contributed by atoms with Gasteiger partial charge in [0.15, 0.2) is 0 Å². The van der Waals surface area contributed by atoms with Gasteiger partial charge in [0.2, 0.25) is 0 Å². The van der Waals surface area contributed by atoms with Crippen LogP contribution in [0.1, 0.15) is 0 Å². The van der Waals surface area contributed by atoms with E-state index in [1.54, 1.807) is 30.3 Å². The van der Waals surface area contributed by atoms with Gasteiger partial charge in [0.1, 0.15) is 0 Å². The number of imide groups is 1. The average molecular weight is 226 g/mol. The van der Waals surface area contributed by atoms with E-state index >= 15 is 0 Å². The third-order valence-corrected chi connectivity index (χ3v) is 1.91. The van der Waals surface area contributed by atoms with Crippen molar-refractivity contribution in [2.24, 2.45) is 0 Å². The van der Waals surface area contributed by atoms with Crippen LogP contribution in [0.5, 0.6) is 0 Å². The highest BCUT2D eigenvalue weighted by molar-refractivity contribution is 6.28. The molecule has 0 bridgehead atoms. The highest BCUT2D eigenvalue weighted by Gasteiger charge is 2.24. The maximum Gasteiger partial charge on any atom is 0.258 e. The maximum atomic E-state index is 11.2. The second-order valence-electron chi connectivity index (χ2n) is 3.01. The number of anilines is 1. The minimum Gasteiger partial charge on any atom is -0.269 e. The zero-order valence-corrected chi connectivity index (χ0v) is 9.04. The summed E-state index contributed by atoms with van der Waals surface area (Å²) in [5, 5.41) is 7.51. The van der Waals surface area contributed by atoms with Crippen LogP contribution >= 0.6 is 0 Å². The second-order valence-corrected chi connectivity index (χ2v) is 3.01. The molecule has 1 aromatic rings. The van der Waals surface area contributed by atoms with Crippen molar-refractivity contribution in [1.82, 2.24) is 0 Å². The number of hydrogen-bond acceptors (Lipinski definition) is 3. The molecule has 1 heterocycles. The van der Waals surface area contributed by atoms with Gasteiger partial charge in [0.25, 0.3) is 11.8 Å². The number of rotatable bonds is 1. The van der Waals surface area contributed by atoms with Gasteiger partial charge in [0, 0.05) is 18.2 Å². The molecule has 0 N–H and O–H groups in total. The third kappa shape index (κ3) is 3.14. The van der Waals surface area contributed by atoms with Crippen molar-refractivity contribution in [1.29, 1.82) is 5.26 Å². The lowest BCUT2D eigenvalue weighted by molar-refractivity contribution is -0.119. The van der Waals surface area contributed by atoms with Crippen molar-refractivity contribution in [2.45, 2.75) is 0 Å². The molecule has 4 nitrogen and oxygen atoms in total. The van der Waals surface area contributed by atoms with Gasteiger partial charge in [-0.25, -0.2) is 4.90 Å². The first-order valence-corrected chi connectivity index (χ1v) is 4.82. The topological polar surface area (TPSA) is 61.2 Å². The van der Waals surface area contributed by atoms with Crippen molar-refractivity contribution in [3.8, 4) is 6.07 Å². The van der Waals surface area contributed by atoms with Gasteiger partial charge in [-0.1, -0.05) is 24.8 Å². The number of allylic oxidation sites excluding steroid dienone is 1.